The van der Waals surface area contributed by atoms with Crippen molar-refractivity contribution in [3.05, 3.63) is 40.7 Å². The van der Waals surface area contributed by atoms with Crippen LogP contribution in [0, 0.1) is 0 Å². The van der Waals surface area contributed by atoms with Gasteiger partial charge >= 0.3 is 0 Å². The molecule has 0 N–H and O–H groups in total. The van der Waals surface area contributed by atoms with Gasteiger partial charge in [0.2, 0.25) is 0 Å². The van der Waals surface area contributed by atoms with E-state index in [0.717, 1.165) is 53.7 Å². The molecule has 0 aliphatic heterocycles. The number of ether oxygens (including phenoxy) is 1. The molecule has 0 spiro atoms. The van der Waals surface area contributed by atoms with E-state index in [1.165, 1.54) is 5.56 Å². The van der Waals surface area contributed by atoms with Crippen molar-refractivity contribution in [2.45, 2.75) is 19.3 Å². The Morgan fingerprint density at radius 1 is 1.23 bits per heavy atom. The van der Waals surface area contributed by atoms with Crippen molar-refractivity contribution in [2.75, 3.05) is 27.2 Å². The number of aromatic nitrogens is 2. The molecule has 5 heteroatoms. The Balaban J connectivity index is 1.82. The van der Waals surface area contributed by atoms with Crippen molar-refractivity contribution in [2.24, 2.45) is 0 Å². The van der Waals surface area contributed by atoms with Gasteiger partial charge in [0, 0.05) is 29.5 Å². The summed E-state index contributed by atoms with van der Waals surface area (Å²) in [6, 6.07) is 5.71. The summed E-state index contributed by atoms with van der Waals surface area (Å²) in [4.78, 5) is 11.2. The zero-order valence-electron chi connectivity index (χ0n) is 13.0. The number of aryl methyl sites for hydroxylation is 1. The van der Waals surface area contributed by atoms with E-state index in [2.05, 4.69) is 9.88 Å². The second-order valence-electron chi connectivity index (χ2n) is 5.80. The molecule has 0 amide bonds. The highest BCUT2D eigenvalue weighted by molar-refractivity contribution is 6.31. The lowest BCUT2D eigenvalue weighted by atomic mass is 10.1. The highest BCUT2D eigenvalue weighted by Gasteiger charge is 2.18. The number of hydrogen-bond acceptors (Lipinski definition) is 4. The van der Waals surface area contributed by atoms with Gasteiger partial charge in [0.1, 0.15) is 12.4 Å². The van der Waals surface area contributed by atoms with Crippen molar-refractivity contribution in [3.63, 3.8) is 0 Å². The van der Waals surface area contributed by atoms with Crippen molar-refractivity contribution in [1.29, 1.82) is 0 Å². The molecular weight excluding hydrogens is 298 g/mol. The minimum atomic E-state index is 0.648. The zero-order valence-corrected chi connectivity index (χ0v) is 13.7. The Labute approximate surface area is 136 Å². The van der Waals surface area contributed by atoms with Gasteiger partial charge in [0.05, 0.1) is 11.4 Å². The van der Waals surface area contributed by atoms with Crippen molar-refractivity contribution < 1.29 is 4.74 Å². The maximum Gasteiger partial charge on any atom is 0.123 e. The number of rotatable bonds is 5. The van der Waals surface area contributed by atoms with Crippen LogP contribution in [0.5, 0.6) is 5.75 Å². The van der Waals surface area contributed by atoms with Gasteiger partial charge in [-0.1, -0.05) is 11.6 Å². The Hall–Kier alpha value is -1.65. The summed E-state index contributed by atoms with van der Waals surface area (Å²) in [5.74, 6) is 0.810. The normalized spacial score (nSPS) is 13.5. The smallest absolute Gasteiger partial charge is 0.123 e. The average Bonchev–Trinajstić information content (AvgIpc) is 2.96. The Morgan fingerprint density at radius 3 is 2.91 bits per heavy atom. The predicted octanol–water partition coefficient (Wildman–Crippen LogP) is 3.23. The summed E-state index contributed by atoms with van der Waals surface area (Å²) in [6.07, 6.45) is 4.92. The largest absolute Gasteiger partial charge is 0.492 e. The van der Waals surface area contributed by atoms with Crippen LogP contribution in [0.3, 0.4) is 0 Å². The molecule has 0 aromatic carbocycles. The van der Waals surface area contributed by atoms with E-state index in [1.54, 1.807) is 6.20 Å². The zero-order chi connectivity index (χ0) is 15.5. The third-order valence-electron chi connectivity index (χ3n) is 3.80. The molecule has 0 bridgehead atoms. The average molecular weight is 318 g/mol. The van der Waals surface area contributed by atoms with Crippen LogP contribution in [0.1, 0.15) is 17.7 Å². The summed E-state index contributed by atoms with van der Waals surface area (Å²) >= 11 is 6.38. The maximum absolute atomic E-state index is 6.38. The van der Waals surface area contributed by atoms with Gasteiger partial charge in [0.15, 0.2) is 0 Å². The lowest BCUT2D eigenvalue weighted by molar-refractivity contribution is 0.261. The second kappa shape index (κ2) is 6.63. The van der Waals surface area contributed by atoms with Crippen LogP contribution in [0.4, 0.5) is 0 Å². The van der Waals surface area contributed by atoms with Crippen LogP contribution in [-0.4, -0.2) is 42.1 Å². The Bertz CT molecular complexity index is 673. The van der Waals surface area contributed by atoms with E-state index in [0.29, 0.717) is 6.61 Å². The molecule has 0 saturated heterocycles. The third-order valence-corrected chi connectivity index (χ3v) is 4.13. The fraction of sp³-hybridized carbons (Fsp3) is 0.412. The van der Waals surface area contributed by atoms with Crippen LogP contribution in [0.25, 0.3) is 11.4 Å². The number of halogens is 1. The molecule has 3 rings (SSSR count). The first-order chi connectivity index (χ1) is 10.6. The number of nitrogens with zero attached hydrogens (tertiary/aromatic N) is 3. The fourth-order valence-corrected chi connectivity index (χ4v) is 2.92. The molecule has 2 heterocycles. The molecule has 0 unspecified atom stereocenters. The van der Waals surface area contributed by atoms with E-state index in [-0.39, 0.29) is 0 Å². The predicted molar refractivity (Wildman–Crippen MR) is 88.6 cm³/mol. The number of fused-ring (bicyclic) bond motifs is 1. The highest BCUT2D eigenvalue weighted by atomic mass is 35.5. The van der Waals surface area contributed by atoms with Gasteiger partial charge in [-0.25, -0.2) is 0 Å². The van der Waals surface area contributed by atoms with E-state index in [9.17, 15) is 0 Å². The summed E-state index contributed by atoms with van der Waals surface area (Å²) in [6.45, 7) is 1.52. The number of hydrogen-bond donors (Lipinski definition) is 0. The molecule has 0 atom stereocenters. The monoisotopic (exact) mass is 317 g/mol. The Kier molecular flexibility index (Phi) is 4.60. The van der Waals surface area contributed by atoms with Gasteiger partial charge in [-0.15, -0.1) is 0 Å². The first-order valence-electron chi connectivity index (χ1n) is 7.56. The third kappa shape index (κ3) is 3.39. The summed E-state index contributed by atoms with van der Waals surface area (Å²) < 4.78 is 5.76. The molecule has 2 aromatic heterocycles. The van der Waals surface area contributed by atoms with Crippen LogP contribution in [0.2, 0.25) is 5.02 Å². The number of pyridine rings is 2. The van der Waals surface area contributed by atoms with Gasteiger partial charge in [-0.2, -0.15) is 0 Å². The van der Waals surface area contributed by atoms with Crippen LogP contribution in [0.15, 0.2) is 24.4 Å². The van der Waals surface area contributed by atoms with Crippen molar-refractivity contribution >= 4 is 11.6 Å². The highest BCUT2D eigenvalue weighted by Crippen LogP contribution is 2.31. The van der Waals surface area contributed by atoms with Gasteiger partial charge < -0.3 is 9.64 Å². The van der Waals surface area contributed by atoms with Crippen molar-refractivity contribution in [3.8, 4) is 17.1 Å². The summed E-state index contributed by atoms with van der Waals surface area (Å²) in [5.41, 5.74) is 3.94. The van der Waals surface area contributed by atoms with E-state index in [1.807, 2.05) is 32.3 Å². The van der Waals surface area contributed by atoms with Crippen LogP contribution < -0.4 is 4.74 Å². The lowest BCUT2D eigenvalue weighted by Crippen LogP contribution is -2.19. The van der Waals surface area contributed by atoms with E-state index >= 15 is 0 Å². The molecule has 0 radical (unpaired) electrons. The minimum Gasteiger partial charge on any atom is -0.492 e. The van der Waals surface area contributed by atoms with Crippen molar-refractivity contribution in [1.82, 2.24) is 14.9 Å². The fourth-order valence-electron chi connectivity index (χ4n) is 2.61. The first-order valence-corrected chi connectivity index (χ1v) is 7.93. The van der Waals surface area contributed by atoms with Gasteiger partial charge in [-0.3, -0.25) is 9.97 Å². The SMILES string of the molecule is CN(C)CCOc1ccnc(-c2cc(Cl)c3c(n2)CCC3)c1. The van der Waals surface area contributed by atoms with Crippen LogP contribution >= 0.6 is 11.6 Å². The topological polar surface area (TPSA) is 38.2 Å². The minimum absolute atomic E-state index is 0.648. The first kappa shape index (κ1) is 15.3. The molecular formula is C17H20ClN3O. The van der Waals surface area contributed by atoms with E-state index in [4.69, 9.17) is 21.3 Å². The molecule has 22 heavy (non-hydrogen) atoms. The van der Waals surface area contributed by atoms with Crippen LogP contribution in [-0.2, 0) is 12.8 Å². The lowest BCUT2D eigenvalue weighted by Gasteiger charge is -2.12. The summed E-state index contributed by atoms with van der Waals surface area (Å²) in [7, 11) is 4.05. The number of likely N-dealkylation sites (N-methyl/N-ethyl adjacent to an activating group) is 1. The Morgan fingerprint density at radius 2 is 2.09 bits per heavy atom. The second-order valence-corrected chi connectivity index (χ2v) is 6.20. The quantitative estimate of drug-likeness (QED) is 0.848. The molecule has 116 valence electrons. The molecule has 4 nitrogen and oxygen atoms in total. The molecule has 1 aliphatic rings. The van der Waals surface area contributed by atoms with Gasteiger partial charge in [-0.05, 0) is 51.1 Å². The molecule has 0 fully saturated rings. The van der Waals surface area contributed by atoms with Gasteiger partial charge in [0.25, 0.3) is 0 Å². The molecule has 0 saturated carbocycles. The standard InChI is InChI=1S/C17H20ClN3O/c1-21(2)8-9-22-12-6-7-19-16(10-12)17-11-14(18)13-4-3-5-15(13)20-17/h6-7,10-11H,3-5,8-9H2,1-2H3. The summed E-state index contributed by atoms with van der Waals surface area (Å²) in [5, 5.41) is 0.804. The molecule has 1 aliphatic carbocycles. The molecule has 2 aromatic rings. The van der Waals surface area contributed by atoms with E-state index < -0.39 is 0 Å². The maximum atomic E-state index is 6.38.